The van der Waals surface area contributed by atoms with E-state index in [0.717, 1.165) is 159 Å². The molecule has 0 saturated carbocycles. The average molecular weight is 1760 g/mol. The molecule has 4 atom stereocenters. The highest BCUT2D eigenvalue weighted by atomic mass is 32.1. The second-order valence-electron chi connectivity index (χ2n) is 33.6. The first kappa shape index (κ1) is 89.5. The summed E-state index contributed by atoms with van der Waals surface area (Å²) >= 11 is 5.98. The molecule has 2 N–H and O–H groups in total. The molecule has 7 aromatic heterocycles. The van der Waals surface area contributed by atoms with Gasteiger partial charge in [-0.2, -0.15) is 13.2 Å². The third-order valence-electron chi connectivity index (χ3n) is 25.0. The number of carbonyl (C=O) groups excluding carboxylic acids is 4. The van der Waals surface area contributed by atoms with Crippen molar-refractivity contribution in [3.63, 3.8) is 0 Å². The van der Waals surface area contributed by atoms with Crippen LogP contribution in [0.1, 0.15) is 287 Å². The lowest BCUT2D eigenvalue weighted by Gasteiger charge is -2.29. The molecule has 9 aromatic rings. The SMILES string of the molecule is CCCCCCc1ccc(C#Cc2c3nc(c(C#Cc4ccc(C5=C6C(=O)N(CC(CC)CCCC)C(c7cccs7)=C6C(=O)N5CC(CC)CCCC)s4)c4ccc([nH]4)c(C#Cc4ccc(C(F)(F)F)cc4)c4nc(c(C#Cc5ccc(C6=C7C(=O)N(CC(CC)CCCC)C(c8cccs8)=C7C(=O)N6CC(CC)CCCC)s5)c5ccc2[nH]5)C=C4)C=C3)cc1. The number of alkyl halides is 3. The zero-order valence-electron chi connectivity index (χ0n) is 73.6. The summed E-state index contributed by atoms with van der Waals surface area (Å²) in [6.45, 7) is 21.7. The van der Waals surface area contributed by atoms with E-state index in [1.165, 1.54) is 53.2 Å². The van der Waals surface area contributed by atoms with E-state index in [-0.39, 0.29) is 47.3 Å². The average Bonchev–Trinajstić information content (AvgIpc) is 1.56. The van der Waals surface area contributed by atoms with Gasteiger partial charge >= 0.3 is 6.18 Å². The molecule has 0 saturated heterocycles. The summed E-state index contributed by atoms with van der Waals surface area (Å²) < 4.78 is 42.3. The Morgan fingerprint density at radius 2 is 0.683 bits per heavy atom. The highest BCUT2D eigenvalue weighted by Gasteiger charge is 2.52. The number of halogens is 3. The van der Waals surface area contributed by atoms with E-state index in [9.17, 15) is 13.2 Å². The molecule has 4 amide bonds. The minimum atomic E-state index is -4.56. The van der Waals surface area contributed by atoms with Crippen molar-refractivity contribution < 1.29 is 32.3 Å². The highest BCUT2D eigenvalue weighted by Crippen LogP contribution is 2.52. The molecule has 12 nitrogen and oxygen atoms in total. The number of carbonyl (C=O) groups is 4. The first-order valence-electron chi connectivity index (χ1n) is 45.4. The molecule has 19 heteroatoms. The van der Waals surface area contributed by atoms with Crippen LogP contribution in [0.3, 0.4) is 0 Å². The summed E-state index contributed by atoms with van der Waals surface area (Å²) in [6.07, 6.45) is 24.4. The standard InChI is InChI=1S/C107H109F3N8O4S4/c1-10-19-24-25-32-73-35-37-74(38-36-73)41-49-79-83-53-57-87(111-83)81(51-45-77-47-61-93(125-77)101-97-95(103(119)117(101)67-71(17-8)30-22-13-4)99(91-33-26-63-123-91)115(105(97)121)65-69(15-6)28-20-11-2)89-59-55-85(113-89)80(50-42-75-39-43-76(44-40-75)107(108,109)110)86-56-60-90(114-86)82(88-58-54-84(79)112-88)52-46-78-48-62-94(126-78)102-98-96(104(120)118(102)68-72(18-9)31-23-14-5)100(92-34-27-64-124-92)116(106(98)122)66-70(16-7)29-21-12-3/h26-27,33-40,43-44,47-48,53-64,69-72,111,114H,10-25,28-32,65-68H2,1-9H3. The molecule has 0 fully saturated rings. The smallest absolute Gasteiger partial charge is 0.353 e. The van der Waals surface area contributed by atoms with Gasteiger partial charge in [-0.15, -0.1) is 45.3 Å². The summed E-state index contributed by atoms with van der Waals surface area (Å²) in [4.78, 5) is 92.9. The van der Waals surface area contributed by atoms with Crippen LogP contribution in [-0.4, -0.2) is 89.3 Å². The van der Waals surface area contributed by atoms with Crippen molar-refractivity contribution in [2.45, 2.75) is 203 Å². The fourth-order valence-electron chi connectivity index (χ4n) is 17.6. The van der Waals surface area contributed by atoms with Gasteiger partial charge in [0.25, 0.3) is 23.6 Å². The van der Waals surface area contributed by atoms with Crippen LogP contribution in [0.15, 0.2) is 154 Å². The third kappa shape index (κ3) is 19.5. The van der Waals surface area contributed by atoms with Gasteiger partial charge < -0.3 is 29.6 Å². The topological polar surface area (TPSA) is 139 Å². The Bertz CT molecular complexity index is 6050. The predicted octanol–water partition coefficient (Wildman–Crippen LogP) is 26.1. The number of rotatable bonds is 33. The molecule has 0 spiro atoms. The minimum Gasteiger partial charge on any atom is -0.353 e. The Kier molecular flexibility index (Phi) is 29.1. The maximum atomic E-state index is 15.6. The molecule has 126 heavy (non-hydrogen) atoms. The van der Waals surface area contributed by atoms with E-state index < -0.39 is 11.7 Å². The van der Waals surface area contributed by atoms with Crippen LogP contribution in [0, 0.1) is 71.0 Å². The van der Waals surface area contributed by atoms with E-state index in [4.69, 9.17) is 9.97 Å². The number of aromatic nitrogens is 4. The maximum absolute atomic E-state index is 15.6. The molecule has 646 valence electrons. The summed E-state index contributed by atoms with van der Waals surface area (Å²) in [5, 5.41) is 4.02. The second kappa shape index (κ2) is 41.0. The lowest BCUT2D eigenvalue weighted by molar-refractivity contribution is -0.137. The van der Waals surface area contributed by atoms with Gasteiger partial charge in [-0.05, 0) is 200 Å². The third-order valence-corrected chi connectivity index (χ3v) is 28.8. The number of benzene rings is 2. The number of hydrogen-bond donors (Lipinski definition) is 2. The number of hydrogen-bond acceptors (Lipinski definition) is 10. The first-order chi connectivity index (χ1) is 61.4. The molecular weight excluding hydrogens is 1650 g/mol. The van der Waals surface area contributed by atoms with Gasteiger partial charge in [-0.3, -0.25) is 19.2 Å². The number of nitrogens with one attached hydrogen (secondary N) is 2. The number of nitrogens with zero attached hydrogens (tertiary/aromatic N) is 6. The van der Waals surface area contributed by atoms with Crippen LogP contribution in [-0.2, 0) is 31.8 Å². The van der Waals surface area contributed by atoms with Gasteiger partial charge in [0.1, 0.15) is 0 Å². The van der Waals surface area contributed by atoms with Gasteiger partial charge in [0.15, 0.2) is 0 Å². The van der Waals surface area contributed by atoms with Crippen LogP contribution in [0.25, 0.3) is 69.2 Å². The summed E-state index contributed by atoms with van der Waals surface area (Å²) in [6, 6.07) is 37.0. The van der Waals surface area contributed by atoms with Crippen LogP contribution in [0.4, 0.5) is 13.2 Å². The molecule has 0 radical (unpaired) electrons. The number of amides is 4. The number of unbranched alkanes of at least 4 members (excludes halogenated alkanes) is 7. The number of aryl methyl sites for hydroxylation is 1. The number of aromatic amines is 2. The van der Waals surface area contributed by atoms with E-state index in [0.29, 0.717) is 154 Å². The molecule has 6 aliphatic heterocycles. The molecule has 4 unspecified atom stereocenters. The molecule has 13 heterocycles. The van der Waals surface area contributed by atoms with Gasteiger partial charge in [-0.25, -0.2) is 9.97 Å². The van der Waals surface area contributed by atoms with Crippen molar-refractivity contribution in [3.05, 3.63) is 251 Å². The first-order valence-corrected chi connectivity index (χ1v) is 48.8. The van der Waals surface area contributed by atoms with E-state index in [1.807, 2.05) is 127 Å². The fraction of sp³-hybridized carbons (Fsp3) is 0.364. The minimum absolute atomic E-state index is 0.149. The van der Waals surface area contributed by atoms with Gasteiger partial charge in [0, 0.05) is 37.3 Å². The predicted molar refractivity (Wildman–Crippen MR) is 514 cm³/mol. The van der Waals surface area contributed by atoms with Crippen LogP contribution < -0.4 is 0 Å². The van der Waals surface area contributed by atoms with Crippen LogP contribution in [0.5, 0.6) is 0 Å². The van der Waals surface area contributed by atoms with E-state index >= 15 is 19.2 Å². The van der Waals surface area contributed by atoms with Gasteiger partial charge in [0.2, 0.25) is 0 Å². The molecular formula is C107H109F3N8O4S4. The largest absolute Gasteiger partial charge is 0.416 e. The molecule has 15 rings (SSSR count). The Morgan fingerprint density at radius 3 is 0.992 bits per heavy atom. The molecule has 8 bridgehead atoms. The lowest BCUT2D eigenvalue weighted by Crippen LogP contribution is -2.34. The van der Waals surface area contributed by atoms with Crippen molar-refractivity contribution in [1.82, 2.24) is 39.5 Å². The molecule has 6 aliphatic rings. The number of thiophene rings is 4. The van der Waals surface area contributed by atoms with Crippen molar-refractivity contribution in [2.75, 3.05) is 26.2 Å². The normalized spacial score (nSPS) is 15.2. The Balaban J connectivity index is 0.905. The maximum Gasteiger partial charge on any atom is 0.416 e. The second-order valence-corrected chi connectivity index (χ2v) is 37.7. The summed E-state index contributed by atoms with van der Waals surface area (Å²) in [7, 11) is 0. The van der Waals surface area contributed by atoms with Crippen molar-refractivity contribution in [3.8, 4) is 47.4 Å². The van der Waals surface area contributed by atoms with Gasteiger partial charge in [-0.1, -0.05) is 230 Å². The van der Waals surface area contributed by atoms with Crippen molar-refractivity contribution in [1.29, 1.82) is 0 Å². The Morgan fingerprint density at radius 1 is 0.357 bits per heavy atom. The van der Waals surface area contributed by atoms with Crippen molar-refractivity contribution >= 4 is 138 Å². The molecule has 0 aliphatic carbocycles. The zero-order valence-corrected chi connectivity index (χ0v) is 76.8. The number of H-pyrrole nitrogens is 2. The highest BCUT2D eigenvalue weighted by molar-refractivity contribution is 7.14. The fourth-order valence-corrected chi connectivity index (χ4v) is 21.0. The zero-order chi connectivity index (χ0) is 88.1. The Hall–Kier alpha value is -11.3. The van der Waals surface area contributed by atoms with Gasteiger partial charge in [0.05, 0.1) is 147 Å². The van der Waals surface area contributed by atoms with Crippen LogP contribution >= 0.6 is 45.3 Å². The Labute approximate surface area is 756 Å². The number of fused-ring (bicyclic) bond motifs is 10. The monoisotopic (exact) mass is 1750 g/mol. The van der Waals surface area contributed by atoms with E-state index in [2.05, 4.69) is 144 Å². The lowest BCUT2D eigenvalue weighted by atomic mass is 9.98. The summed E-state index contributed by atoms with van der Waals surface area (Å²) in [5.41, 5.74) is 12.7. The molecule has 2 aromatic carbocycles. The van der Waals surface area contributed by atoms with E-state index in [1.54, 1.807) is 22.7 Å². The quantitative estimate of drug-likeness (QED) is 0.0310. The summed E-state index contributed by atoms with van der Waals surface area (Å²) in [5.74, 6) is 28.2. The van der Waals surface area contributed by atoms with Crippen molar-refractivity contribution in [2.24, 2.45) is 23.7 Å². The van der Waals surface area contributed by atoms with Crippen LogP contribution in [0.2, 0.25) is 0 Å².